The second-order valence-electron chi connectivity index (χ2n) is 5.13. The van der Waals surface area contributed by atoms with Gasteiger partial charge in [-0.05, 0) is 31.4 Å². The molecule has 1 unspecified atom stereocenters. The van der Waals surface area contributed by atoms with Gasteiger partial charge >= 0.3 is 0 Å². The maximum absolute atomic E-state index is 12.8. The summed E-state index contributed by atoms with van der Waals surface area (Å²) in [7, 11) is -3.42. The van der Waals surface area contributed by atoms with E-state index in [1.54, 1.807) is 22.5 Å². The molecule has 106 valence electrons. The maximum Gasteiger partial charge on any atom is 0.243 e. The number of hydrogen-bond acceptors (Lipinski definition) is 3. The highest BCUT2D eigenvalue weighted by atomic mass is 32.2. The van der Waals surface area contributed by atoms with Crippen LogP contribution in [0, 0.1) is 0 Å². The lowest BCUT2D eigenvalue weighted by Crippen LogP contribution is -2.38. The normalized spacial score (nSPS) is 22.1. The van der Waals surface area contributed by atoms with Gasteiger partial charge in [-0.15, -0.1) is 0 Å². The Hall–Kier alpha value is -0.910. The minimum Gasteiger partial charge on any atom is -0.326 e. The van der Waals surface area contributed by atoms with E-state index in [4.69, 9.17) is 5.73 Å². The zero-order valence-electron chi connectivity index (χ0n) is 11.4. The van der Waals surface area contributed by atoms with Gasteiger partial charge in [0.05, 0.1) is 4.90 Å². The fourth-order valence-electron chi connectivity index (χ4n) is 2.66. The highest BCUT2D eigenvalue weighted by molar-refractivity contribution is 7.89. The van der Waals surface area contributed by atoms with E-state index in [9.17, 15) is 8.42 Å². The van der Waals surface area contributed by atoms with Crippen molar-refractivity contribution in [2.75, 3.05) is 6.54 Å². The highest BCUT2D eigenvalue weighted by Crippen LogP contribution is 2.26. The standard InChI is InChI=1S/C14H22N2O2S/c1-12-7-3-2-6-10-16(12)19(17,18)14-9-5-4-8-13(14)11-15/h4-5,8-9,12H,2-3,6-7,10-11,15H2,1H3. The van der Waals surface area contributed by atoms with Crippen LogP contribution in [0.5, 0.6) is 0 Å². The van der Waals surface area contributed by atoms with Crippen LogP contribution >= 0.6 is 0 Å². The molecular formula is C14H22N2O2S. The molecule has 19 heavy (non-hydrogen) atoms. The molecule has 2 rings (SSSR count). The third-order valence-electron chi connectivity index (χ3n) is 3.77. The summed E-state index contributed by atoms with van der Waals surface area (Å²) in [5.41, 5.74) is 6.35. The molecule has 1 heterocycles. The van der Waals surface area contributed by atoms with Crippen LogP contribution in [-0.2, 0) is 16.6 Å². The fourth-order valence-corrected chi connectivity index (χ4v) is 4.59. The molecule has 1 atom stereocenters. The molecule has 2 N–H and O–H groups in total. The van der Waals surface area contributed by atoms with E-state index in [0.717, 1.165) is 25.7 Å². The number of rotatable bonds is 3. The molecule has 0 amide bonds. The second-order valence-corrected chi connectivity index (χ2v) is 6.98. The van der Waals surface area contributed by atoms with Crippen LogP contribution in [0.1, 0.15) is 38.2 Å². The van der Waals surface area contributed by atoms with Crippen LogP contribution in [0.3, 0.4) is 0 Å². The zero-order chi connectivity index (χ0) is 13.9. The molecule has 1 aliphatic heterocycles. The average molecular weight is 282 g/mol. The summed E-state index contributed by atoms with van der Waals surface area (Å²) in [5.74, 6) is 0. The van der Waals surface area contributed by atoms with E-state index in [1.165, 1.54) is 0 Å². The number of nitrogens with two attached hydrogens (primary N) is 1. The first kappa shape index (κ1) is 14.5. The quantitative estimate of drug-likeness (QED) is 0.923. The first-order valence-corrected chi connectivity index (χ1v) is 8.31. The van der Waals surface area contributed by atoms with Crippen molar-refractivity contribution in [3.63, 3.8) is 0 Å². The number of hydrogen-bond donors (Lipinski definition) is 1. The zero-order valence-corrected chi connectivity index (χ0v) is 12.2. The van der Waals surface area contributed by atoms with Gasteiger partial charge in [0.1, 0.15) is 0 Å². The van der Waals surface area contributed by atoms with Crippen LogP contribution in [0.15, 0.2) is 29.2 Å². The Bertz CT molecular complexity index is 528. The van der Waals surface area contributed by atoms with Crippen molar-refractivity contribution in [2.45, 2.75) is 50.1 Å². The van der Waals surface area contributed by atoms with Gasteiger partial charge in [-0.3, -0.25) is 0 Å². The molecule has 5 heteroatoms. The van der Waals surface area contributed by atoms with Crippen molar-refractivity contribution in [2.24, 2.45) is 5.73 Å². The van der Waals surface area contributed by atoms with Crippen LogP contribution < -0.4 is 5.73 Å². The first-order valence-electron chi connectivity index (χ1n) is 6.87. The minimum absolute atomic E-state index is 0.0679. The summed E-state index contributed by atoms with van der Waals surface area (Å²) < 4.78 is 27.2. The van der Waals surface area contributed by atoms with Crippen molar-refractivity contribution in [3.8, 4) is 0 Å². The van der Waals surface area contributed by atoms with Crippen molar-refractivity contribution >= 4 is 10.0 Å². The van der Waals surface area contributed by atoms with Gasteiger partial charge in [0.2, 0.25) is 10.0 Å². The topological polar surface area (TPSA) is 63.4 Å². The lowest BCUT2D eigenvalue weighted by molar-refractivity contribution is 0.342. The SMILES string of the molecule is CC1CCCCCN1S(=O)(=O)c1ccccc1CN. The fraction of sp³-hybridized carbons (Fsp3) is 0.571. The largest absolute Gasteiger partial charge is 0.326 e. The molecule has 0 radical (unpaired) electrons. The molecule has 0 aromatic heterocycles. The Morgan fingerprint density at radius 3 is 2.74 bits per heavy atom. The van der Waals surface area contributed by atoms with Crippen molar-refractivity contribution in [1.82, 2.24) is 4.31 Å². The molecule has 0 bridgehead atoms. The van der Waals surface area contributed by atoms with Gasteiger partial charge in [0.25, 0.3) is 0 Å². The molecule has 0 saturated carbocycles. The minimum atomic E-state index is -3.42. The lowest BCUT2D eigenvalue weighted by Gasteiger charge is -2.27. The van der Waals surface area contributed by atoms with Gasteiger partial charge in [-0.25, -0.2) is 8.42 Å². The molecule has 1 aromatic rings. The van der Waals surface area contributed by atoms with Crippen LogP contribution in [0.2, 0.25) is 0 Å². The van der Waals surface area contributed by atoms with Crippen molar-refractivity contribution < 1.29 is 8.42 Å². The molecule has 0 aliphatic carbocycles. The Balaban J connectivity index is 2.40. The summed E-state index contributed by atoms with van der Waals surface area (Å²) in [6, 6.07) is 7.10. The Morgan fingerprint density at radius 1 is 1.26 bits per heavy atom. The molecular weight excluding hydrogens is 260 g/mol. The van der Waals surface area contributed by atoms with Crippen molar-refractivity contribution in [1.29, 1.82) is 0 Å². The summed E-state index contributed by atoms with van der Waals surface area (Å²) in [6.45, 7) is 2.86. The van der Waals surface area contributed by atoms with Gasteiger partial charge in [-0.1, -0.05) is 31.0 Å². The Kier molecular flexibility index (Phi) is 4.60. The molecule has 0 spiro atoms. The molecule has 1 aliphatic rings. The van der Waals surface area contributed by atoms with Gasteiger partial charge in [-0.2, -0.15) is 4.31 Å². The van der Waals surface area contributed by atoms with Gasteiger partial charge in [0, 0.05) is 19.1 Å². The first-order chi connectivity index (χ1) is 9.07. The van der Waals surface area contributed by atoms with E-state index < -0.39 is 10.0 Å². The summed E-state index contributed by atoms with van der Waals surface area (Å²) in [4.78, 5) is 0.367. The number of sulfonamides is 1. The lowest BCUT2D eigenvalue weighted by atomic mass is 10.1. The van der Waals surface area contributed by atoms with Crippen LogP contribution in [-0.4, -0.2) is 25.3 Å². The summed E-state index contributed by atoms with van der Waals surface area (Å²) in [5, 5.41) is 0. The number of benzene rings is 1. The van der Waals surface area contributed by atoms with E-state index >= 15 is 0 Å². The Labute approximate surface area is 115 Å². The summed E-state index contributed by atoms with van der Waals surface area (Å²) in [6.07, 6.45) is 4.08. The highest BCUT2D eigenvalue weighted by Gasteiger charge is 2.31. The van der Waals surface area contributed by atoms with E-state index in [0.29, 0.717) is 17.0 Å². The average Bonchev–Trinajstić information content (AvgIpc) is 2.63. The predicted octanol–water partition coefficient (Wildman–Crippen LogP) is 2.10. The molecule has 1 saturated heterocycles. The third kappa shape index (κ3) is 2.99. The smallest absolute Gasteiger partial charge is 0.243 e. The summed E-state index contributed by atoms with van der Waals surface area (Å²) >= 11 is 0. The number of nitrogens with zero attached hydrogens (tertiary/aromatic N) is 1. The van der Waals surface area contributed by atoms with Crippen LogP contribution in [0.4, 0.5) is 0 Å². The second kappa shape index (κ2) is 6.03. The van der Waals surface area contributed by atoms with E-state index in [1.807, 2.05) is 13.0 Å². The predicted molar refractivity (Wildman–Crippen MR) is 76.2 cm³/mol. The van der Waals surface area contributed by atoms with Gasteiger partial charge < -0.3 is 5.73 Å². The van der Waals surface area contributed by atoms with Crippen LogP contribution in [0.25, 0.3) is 0 Å². The third-order valence-corrected chi connectivity index (χ3v) is 5.89. The van der Waals surface area contributed by atoms with Gasteiger partial charge in [0.15, 0.2) is 0 Å². The maximum atomic E-state index is 12.8. The Morgan fingerprint density at radius 2 is 2.00 bits per heavy atom. The van der Waals surface area contributed by atoms with E-state index in [-0.39, 0.29) is 12.6 Å². The van der Waals surface area contributed by atoms with Crippen molar-refractivity contribution in [3.05, 3.63) is 29.8 Å². The van der Waals surface area contributed by atoms with E-state index in [2.05, 4.69) is 0 Å². The monoisotopic (exact) mass is 282 g/mol. The molecule has 1 fully saturated rings. The molecule has 1 aromatic carbocycles. The molecule has 4 nitrogen and oxygen atoms in total.